The Morgan fingerprint density at radius 3 is 2.59 bits per heavy atom. The molecule has 2 aliphatic heterocycles. The summed E-state index contributed by atoms with van der Waals surface area (Å²) in [6.45, 7) is 11.2. The van der Waals surface area contributed by atoms with Crippen LogP contribution in [0.3, 0.4) is 0 Å². The van der Waals surface area contributed by atoms with Crippen LogP contribution in [0.5, 0.6) is 0 Å². The van der Waals surface area contributed by atoms with E-state index >= 15 is 0 Å². The molecule has 2 aromatic rings. The summed E-state index contributed by atoms with van der Waals surface area (Å²) in [5.74, 6) is -0.219. The third-order valence-electron chi connectivity index (χ3n) is 5.94. The third-order valence-corrected chi connectivity index (χ3v) is 5.94. The monoisotopic (exact) mass is 372 g/mol. The van der Waals surface area contributed by atoms with Crippen molar-refractivity contribution in [3.63, 3.8) is 0 Å². The molecule has 5 nitrogen and oxygen atoms in total. The average Bonchev–Trinajstić information content (AvgIpc) is 2.98. The van der Waals surface area contributed by atoms with E-state index in [1.165, 1.54) is 30.5 Å². The third kappa shape index (κ3) is 4.08. The molecule has 0 N–H and O–H groups in total. The van der Waals surface area contributed by atoms with Crippen LogP contribution in [-0.4, -0.2) is 65.0 Å². The number of hydrogen-bond donors (Lipinski definition) is 0. The molecular formula is C21H29FN4O. The Hall–Kier alpha value is -1.76. The Morgan fingerprint density at radius 1 is 1.11 bits per heavy atom. The maximum absolute atomic E-state index is 13.2. The van der Waals surface area contributed by atoms with Gasteiger partial charge in [-0.2, -0.15) is 5.10 Å². The minimum Gasteiger partial charge on any atom is -0.379 e. The number of aryl methyl sites for hydroxylation is 1. The molecule has 0 bridgehead atoms. The second-order valence-electron chi connectivity index (χ2n) is 7.72. The molecule has 2 aliphatic rings. The lowest BCUT2D eigenvalue weighted by Crippen LogP contribution is -2.51. The Balaban J connectivity index is 1.48. The first-order valence-electron chi connectivity index (χ1n) is 9.97. The van der Waals surface area contributed by atoms with Gasteiger partial charge in [-0.3, -0.25) is 9.80 Å². The highest BCUT2D eigenvalue weighted by Gasteiger charge is 2.27. The van der Waals surface area contributed by atoms with Crippen molar-refractivity contribution in [2.24, 2.45) is 0 Å². The summed E-state index contributed by atoms with van der Waals surface area (Å²) in [6, 6.07) is 7.18. The Labute approximate surface area is 160 Å². The molecule has 1 atom stereocenters. The van der Waals surface area contributed by atoms with E-state index in [4.69, 9.17) is 9.84 Å². The van der Waals surface area contributed by atoms with Crippen LogP contribution < -0.4 is 0 Å². The first-order chi connectivity index (χ1) is 13.1. The van der Waals surface area contributed by atoms with Gasteiger partial charge < -0.3 is 4.74 Å². The number of aromatic nitrogens is 2. The number of benzene rings is 1. The lowest BCUT2D eigenvalue weighted by Gasteiger charge is -2.41. The van der Waals surface area contributed by atoms with Gasteiger partial charge >= 0.3 is 0 Å². The van der Waals surface area contributed by atoms with Crippen LogP contribution >= 0.6 is 0 Å². The second-order valence-corrected chi connectivity index (χ2v) is 7.72. The van der Waals surface area contributed by atoms with Crippen LogP contribution in [0.1, 0.15) is 29.8 Å². The van der Waals surface area contributed by atoms with Gasteiger partial charge in [0.15, 0.2) is 0 Å². The summed E-state index contributed by atoms with van der Waals surface area (Å²) in [4.78, 5) is 5.16. The largest absolute Gasteiger partial charge is 0.379 e. The smallest absolute Gasteiger partial charge is 0.123 e. The lowest BCUT2D eigenvalue weighted by atomic mass is 10.0. The van der Waals surface area contributed by atoms with Gasteiger partial charge in [0.1, 0.15) is 5.82 Å². The molecule has 2 fully saturated rings. The Kier molecular flexibility index (Phi) is 5.57. The molecule has 0 radical (unpaired) electrons. The fourth-order valence-electron chi connectivity index (χ4n) is 4.38. The van der Waals surface area contributed by atoms with Crippen molar-refractivity contribution < 1.29 is 9.13 Å². The maximum atomic E-state index is 13.2. The molecule has 0 amide bonds. The van der Waals surface area contributed by atoms with E-state index in [9.17, 15) is 4.39 Å². The van der Waals surface area contributed by atoms with Crippen molar-refractivity contribution in [2.45, 2.75) is 39.3 Å². The van der Waals surface area contributed by atoms with Gasteiger partial charge in [-0.15, -0.1) is 0 Å². The number of halogens is 1. The molecule has 0 spiro atoms. The quantitative estimate of drug-likeness (QED) is 0.826. The Morgan fingerprint density at radius 2 is 1.85 bits per heavy atom. The van der Waals surface area contributed by atoms with Crippen LogP contribution in [0.25, 0.3) is 5.69 Å². The van der Waals surface area contributed by atoms with Crippen molar-refractivity contribution in [1.82, 2.24) is 19.6 Å². The van der Waals surface area contributed by atoms with Crippen LogP contribution in [0, 0.1) is 19.7 Å². The number of piperidine rings is 1. The summed E-state index contributed by atoms with van der Waals surface area (Å²) < 4.78 is 20.7. The van der Waals surface area contributed by atoms with Crippen LogP contribution in [0.4, 0.5) is 4.39 Å². The van der Waals surface area contributed by atoms with E-state index in [2.05, 4.69) is 23.6 Å². The van der Waals surface area contributed by atoms with Crippen molar-refractivity contribution >= 4 is 0 Å². The summed E-state index contributed by atoms with van der Waals surface area (Å²) in [6.07, 6.45) is 2.52. The van der Waals surface area contributed by atoms with E-state index in [1.54, 1.807) is 12.1 Å². The molecule has 6 heteroatoms. The van der Waals surface area contributed by atoms with Crippen molar-refractivity contribution in [2.75, 3.05) is 39.4 Å². The molecule has 0 saturated carbocycles. The topological polar surface area (TPSA) is 33.5 Å². The van der Waals surface area contributed by atoms with Crippen LogP contribution in [0.2, 0.25) is 0 Å². The van der Waals surface area contributed by atoms with Crippen molar-refractivity contribution in [3.8, 4) is 5.69 Å². The molecule has 4 rings (SSSR count). The van der Waals surface area contributed by atoms with E-state index < -0.39 is 0 Å². The minimum atomic E-state index is -0.219. The van der Waals surface area contributed by atoms with Gasteiger partial charge in [-0.1, -0.05) is 0 Å². The van der Waals surface area contributed by atoms with Gasteiger partial charge in [0.2, 0.25) is 0 Å². The minimum absolute atomic E-state index is 0.219. The van der Waals surface area contributed by atoms with Gasteiger partial charge in [0, 0.05) is 43.5 Å². The lowest BCUT2D eigenvalue weighted by molar-refractivity contribution is -0.00361. The molecule has 2 saturated heterocycles. The zero-order valence-corrected chi connectivity index (χ0v) is 16.3. The molecule has 0 aliphatic carbocycles. The second kappa shape index (κ2) is 8.09. The molecular weight excluding hydrogens is 343 g/mol. The number of likely N-dealkylation sites (tertiary alicyclic amines) is 1. The van der Waals surface area contributed by atoms with Gasteiger partial charge in [-0.25, -0.2) is 9.07 Å². The van der Waals surface area contributed by atoms with Crippen molar-refractivity contribution in [3.05, 3.63) is 47.0 Å². The predicted molar refractivity (Wildman–Crippen MR) is 104 cm³/mol. The molecule has 3 heterocycles. The molecule has 0 unspecified atom stereocenters. The van der Waals surface area contributed by atoms with Gasteiger partial charge in [-0.05, 0) is 57.5 Å². The predicted octanol–water partition coefficient (Wildman–Crippen LogP) is 2.92. The normalized spacial score (nSPS) is 22.3. The fourth-order valence-corrected chi connectivity index (χ4v) is 4.38. The van der Waals surface area contributed by atoms with Gasteiger partial charge in [0.05, 0.1) is 24.6 Å². The van der Waals surface area contributed by atoms with Crippen molar-refractivity contribution in [1.29, 1.82) is 0 Å². The first kappa shape index (κ1) is 18.6. The molecule has 1 aromatic carbocycles. The first-order valence-corrected chi connectivity index (χ1v) is 9.97. The van der Waals surface area contributed by atoms with E-state index in [0.29, 0.717) is 6.04 Å². The van der Waals surface area contributed by atoms with Gasteiger partial charge in [0.25, 0.3) is 0 Å². The number of nitrogens with zero attached hydrogens (tertiary/aromatic N) is 4. The fraction of sp³-hybridized carbons (Fsp3) is 0.571. The van der Waals surface area contributed by atoms with Crippen LogP contribution in [0.15, 0.2) is 24.3 Å². The van der Waals surface area contributed by atoms with E-state index in [1.807, 2.05) is 4.68 Å². The van der Waals surface area contributed by atoms with E-state index in [0.717, 1.165) is 63.0 Å². The summed E-state index contributed by atoms with van der Waals surface area (Å²) in [5.41, 5.74) is 4.41. The number of rotatable bonds is 4. The zero-order chi connectivity index (χ0) is 18.8. The number of hydrogen-bond acceptors (Lipinski definition) is 4. The SMILES string of the molecule is Cc1nn(-c2ccc(F)cc2)c(C)c1CN1CCC[C@@H](N2CCOCC2)C1. The highest BCUT2D eigenvalue weighted by Crippen LogP contribution is 2.23. The highest BCUT2D eigenvalue weighted by molar-refractivity contribution is 5.37. The number of ether oxygens (including phenoxy) is 1. The highest BCUT2D eigenvalue weighted by atomic mass is 19.1. The summed E-state index contributed by atoms with van der Waals surface area (Å²) in [7, 11) is 0. The molecule has 1 aromatic heterocycles. The van der Waals surface area contributed by atoms with E-state index in [-0.39, 0.29) is 5.82 Å². The average molecular weight is 372 g/mol. The molecule has 146 valence electrons. The zero-order valence-electron chi connectivity index (χ0n) is 16.3. The number of morpholine rings is 1. The standard InChI is InChI=1S/C21H29FN4O/c1-16-21(17(2)26(23-16)19-7-5-18(22)6-8-19)15-24-9-3-4-20(14-24)25-10-12-27-13-11-25/h5-8,20H,3-4,9-15H2,1-2H3/t20-/m1/s1. The van der Waals surface area contributed by atoms with Crippen LogP contribution in [-0.2, 0) is 11.3 Å². The summed E-state index contributed by atoms with van der Waals surface area (Å²) >= 11 is 0. The summed E-state index contributed by atoms with van der Waals surface area (Å²) in [5, 5.41) is 4.73. The molecule has 27 heavy (non-hydrogen) atoms. The Bertz CT molecular complexity index is 767. The maximum Gasteiger partial charge on any atom is 0.123 e.